The van der Waals surface area contributed by atoms with Gasteiger partial charge in [0.15, 0.2) is 22.9 Å². The van der Waals surface area contributed by atoms with Crippen LogP contribution in [0.5, 0.6) is 11.5 Å². The monoisotopic (exact) mass is 413 g/mol. The molecule has 0 atom stereocenters. The third-order valence-corrected chi connectivity index (χ3v) is 5.90. The van der Waals surface area contributed by atoms with Crippen LogP contribution in [0.4, 0.5) is 0 Å². The fourth-order valence-corrected chi connectivity index (χ4v) is 4.37. The number of hydrogen-bond acceptors (Lipinski definition) is 6. The van der Waals surface area contributed by atoms with Gasteiger partial charge in [0.2, 0.25) is 6.79 Å². The first kappa shape index (κ1) is 17.6. The van der Waals surface area contributed by atoms with Crippen molar-refractivity contribution in [2.45, 2.75) is 0 Å². The molecule has 0 fully saturated rings. The predicted octanol–water partition coefficient (Wildman–Crippen LogP) is 2.24. The summed E-state index contributed by atoms with van der Waals surface area (Å²) in [4.78, 5) is 43.9. The highest BCUT2D eigenvalue weighted by molar-refractivity contribution is 6.26. The highest BCUT2D eigenvalue weighted by Crippen LogP contribution is 2.44. The standard InChI is InChI=1S/C23H15N3O5/c1-25-21-18(22(28)26(2)23(25)29)16(11-7-8-14-15(9-11)31-10-30-14)17-19(24-21)12-5-3-4-6-13(12)20(17)27/h3-9H,10H2,1-2H3. The third-order valence-electron chi connectivity index (χ3n) is 5.90. The quantitative estimate of drug-likeness (QED) is 0.419. The van der Waals surface area contributed by atoms with E-state index in [0.29, 0.717) is 45.0 Å². The molecule has 2 aromatic carbocycles. The molecule has 0 radical (unpaired) electrons. The molecule has 0 spiro atoms. The van der Waals surface area contributed by atoms with E-state index < -0.39 is 11.2 Å². The zero-order chi connectivity index (χ0) is 21.4. The Kier molecular flexibility index (Phi) is 3.37. The van der Waals surface area contributed by atoms with Crippen molar-refractivity contribution in [1.82, 2.24) is 14.1 Å². The van der Waals surface area contributed by atoms with Crippen molar-refractivity contribution in [2.24, 2.45) is 14.1 Å². The maximum absolute atomic E-state index is 13.4. The van der Waals surface area contributed by atoms with Crippen LogP contribution in [-0.2, 0) is 14.1 Å². The van der Waals surface area contributed by atoms with E-state index in [1.807, 2.05) is 12.1 Å². The van der Waals surface area contributed by atoms with Crippen LogP contribution in [0, 0.1) is 0 Å². The van der Waals surface area contributed by atoms with E-state index in [-0.39, 0.29) is 23.6 Å². The molecule has 2 aromatic heterocycles. The number of aromatic nitrogens is 3. The lowest BCUT2D eigenvalue weighted by Crippen LogP contribution is -2.37. The molecule has 3 heterocycles. The second-order valence-electron chi connectivity index (χ2n) is 7.56. The number of hydrogen-bond donors (Lipinski definition) is 0. The van der Waals surface area contributed by atoms with Crippen LogP contribution in [0.3, 0.4) is 0 Å². The van der Waals surface area contributed by atoms with E-state index in [1.54, 1.807) is 37.4 Å². The summed E-state index contributed by atoms with van der Waals surface area (Å²) in [6, 6.07) is 12.5. The van der Waals surface area contributed by atoms with Crippen LogP contribution in [-0.4, -0.2) is 26.7 Å². The Morgan fingerprint density at radius 2 is 1.61 bits per heavy atom. The summed E-state index contributed by atoms with van der Waals surface area (Å²) in [5.41, 5.74) is 2.30. The highest BCUT2D eigenvalue weighted by atomic mass is 16.7. The minimum atomic E-state index is -0.509. The summed E-state index contributed by atoms with van der Waals surface area (Å²) in [5.74, 6) is 0.915. The molecule has 0 saturated carbocycles. The second-order valence-corrected chi connectivity index (χ2v) is 7.56. The molecule has 8 heteroatoms. The van der Waals surface area contributed by atoms with Gasteiger partial charge in [0.05, 0.1) is 16.6 Å². The van der Waals surface area contributed by atoms with Gasteiger partial charge in [0.25, 0.3) is 5.56 Å². The van der Waals surface area contributed by atoms with Gasteiger partial charge >= 0.3 is 5.69 Å². The molecule has 0 N–H and O–H groups in total. The summed E-state index contributed by atoms with van der Waals surface area (Å²) in [6.45, 7) is 0.106. The molecule has 6 rings (SSSR count). The Balaban J connectivity index is 1.84. The van der Waals surface area contributed by atoms with Crippen molar-refractivity contribution in [1.29, 1.82) is 0 Å². The van der Waals surface area contributed by atoms with Crippen LogP contribution >= 0.6 is 0 Å². The van der Waals surface area contributed by atoms with Crippen LogP contribution in [0.15, 0.2) is 52.1 Å². The fourth-order valence-electron chi connectivity index (χ4n) is 4.37. The molecule has 31 heavy (non-hydrogen) atoms. The van der Waals surface area contributed by atoms with Crippen molar-refractivity contribution in [2.75, 3.05) is 6.79 Å². The first-order valence-electron chi connectivity index (χ1n) is 9.65. The topological polar surface area (TPSA) is 92.4 Å². The number of rotatable bonds is 1. The first-order valence-corrected chi connectivity index (χ1v) is 9.65. The Labute approximate surface area is 174 Å². The van der Waals surface area contributed by atoms with Crippen molar-refractivity contribution in [3.05, 3.63) is 74.4 Å². The molecule has 0 bridgehead atoms. The molecule has 0 saturated heterocycles. The molecule has 152 valence electrons. The molecule has 2 aliphatic rings. The Bertz CT molecular complexity index is 1600. The van der Waals surface area contributed by atoms with E-state index in [1.165, 1.54) is 11.6 Å². The van der Waals surface area contributed by atoms with E-state index in [9.17, 15) is 14.4 Å². The van der Waals surface area contributed by atoms with Crippen LogP contribution in [0.2, 0.25) is 0 Å². The first-order chi connectivity index (χ1) is 15.0. The third kappa shape index (κ3) is 2.18. The molecule has 8 nitrogen and oxygen atoms in total. The summed E-state index contributed by atoms with van der Waals surface area (Å²) in [6.07, 6.45) is 0. The van der Waals surface area contributed by atoms with Gasteiger partial charge in [-0.15, -0.1) is 0 Å². The normalized spacial score (nSPS) is 13.5. The van der Waals surface area contributed by atoms with E-state index in [4.69, 9.17) is 9.47 Å². The highest BCUT2D eigenvalue weighted by Gasteiger charge is 2.34. The zero-order valence-corrected chi connectivity index (χ0v) is 16.6. The van der Waals surface area contributed by atoms with Gasteiger partial charge in [-0.1, -0.05) is 30.3 Å². The molecule has 0 unspecified atom stereocenters. The number of carbonyl (C=O) groups is 1. The number of benzene rings is 2. The minimum Gasteiger partial charge on any atom is -0.454 e. The number of carbonyl (C=O) groups excluding carboxylic acids is 1. The number of aryl methyl sites for hydroxylation is 1. The van der Waals surface area contributed by atoms with Crippen LogP contribution < -0.4 is 20.7 Å². The maximum Gasteiger partial charge on any atom is 0.332 e. The number of ketones is 1. The van der Waals surface area contributed by atoms with E-state index >= 15 is 0 Å². The minimum absolute atomic E-state index is 0.106. The largest absolute Gasteiger partial charge is 0.454 e. The lowest BCUT2D eigenvalue weighted by atomic mass is 9.94. The summed E-state index contributed by atoms with van der Waals surface area (Å²) in [7, 11) is 2.98. The van der Waals surface area contributed by atoms with Gasteiger partial charge < -0.3 is 9.47 Å². The van der Waals surface area contributed by atoms with Gasteiger partial charge in [0, 0.05) is 30.8 Å². The lowest BCUT2D eigenvalue weighted by molar-refractivity contribution is 0.104. The summed E-state index contributed by atoms with van der Waals surface area (Å²) >= 11 is 0. The Morgan fingerprint density at radius 3 is 2.42 bits per heavy atom. The van der Waals surface area contributed by atoms with E-state index in [0.717, 1.165) is 4.57 Å². The Hall–Kier alpha value is -4.20. The average molecular weight is 413 g/mol. The van der Waals surface area contributed by atoms with Crippen molar-refractivity contribution in [3.63, 3.8) is 0 Å². The van der Waals surface area contributed by atoms with Crippen molar-refractivity contribution >= 4 is 16.8 Å². The van der Waals surface area contributed by atoms with Crippen LogP contribution in [0.25, 0.3) is 33.4 Å². The number of pyridine rings is 1. The maximum atomic E-state index is 13.4. The average Bonchev–Trinajstić information content (AvgIpc) is 3.37. The van der Waals surface area contributed by atoms with Gasteiger partial charge in [-0.25, -0.2) is 9.78 Å². The molecule has 1 aliphatic carbocycles. The van der Waals surface area contributed by atoms with E-state index in [2.05, 4.69) is 4.98 Å². The summed E-state index contributed by atoms with van der Waals surface area (Å²) in [5, 5.41) is 0.211. The van der Waals surface area contributed by atoms with Crippen molar-refractivity contribution in [3.8, 4) is 33.9 Å². The smallest absolute Gasteiger partial charge is 0.332 e. The molecule has 1 aliphatic heterocycles. The number of ether oxygens (including phenoxy) is 2. The molecular weight excluding hydrogens is 398 g/mol. The van der Waals surface area contributed by atoms with Crippen molar-refractivity contribution < 1.29 is 14.3 Å². The van der Waals surface area contributed by atoms with Gasteiger partial charge in [-0.2, -0.15) is 0 Å². The number of fused-ring (bicyclic) bond motifs is 5. The zero-order valence-electron chi connectivity index (χ0n) is 16.6. The lowest BCUT2D eigenvalue weighted by Gasteiger charge is -2.15. The van der Waals surface area contributed by atoms with Gasteiger partial charge in [0.1, 0.15) is 0 Å². The Morgan fingerprint density at radius 1 is 0.871 bits per heavy atom. The predicted molar refractivity (Wildman–Crippen MR) is 113 cm³/mol. The van der Waals surface area contributed by atoms with Crippen LogP contribution in [0.1, 0.15) is 15.9 Å². The SMILES string of the molecule is Cn1c(=O)c2c(-c3ccc4c(c3)OCO4)c3c(nc2n(C)c1=O)-c1ccccc1C3=O. The molecular formula is C23H15N3O5. The number of nitrogens with zero attached hydrogens (tertiary/aromatic N) is 3. The molecule has 4 aromatic rings. The second kappa shape index (κ2) is 5.91. The fraction of sp³-hybridized carbons (Fsp3) is 0.130. The summed E-state index contributed by atoms with van der Waals surface area (Å²) < 4.78 is 13.3. The van der Waals surface area contributed by atoms with Gasteiger partial charge in [-0.05, 0) is 17.7 Å². The van der Waals surface area contributed by atoms with Gasteiger partial charge in [-0.3, -0.25) is 18.7 Å². The molecule has 0 amide bonds.